The molecule has 2 heterocycles. The highest BCUT2D eigenvalue weighted by Gasteiger charge is 2.12. The number of nitrogen functional groups attached to an aromatic ring is 1. The molecule has 0 aliphatic carbocycles. The Balaban J connectivity index is 2.06. The van der Waals surface area contributed by atoms with Crippen molar-refractivity contribution in [2.75, 3.05) is 32.5 Å². The Hall–Kier alpha value is -2.71. The molecule has 8 heteroatoms. The van der Waals surface area contributed by atoms with E-state index in [1.165, 1.54) is 0 Å². The van der Waals surface area contributed by atoms with Crippen LogP contribution in [-0.2, 0) is 0 Å². The van der Waals surface area contributed by atoms with Gasteiger partial charge in [0.1, 0.15) is 4.47 Å². The molecule has 2 aromatic heterocycles. The van der Waals surface area contributed by atoms with E-state index in [4.69, 9.17) is 10.5 Å². The van der Waals surface area contributed by atoms with Gasteiger partial charge in [0.2, 0.25) is 5.88 Å². The van der Waals surface area contributed by atoms with Crippen molar-refractivity contribution in [3.63, 3.8) is 0 Å². The van der Waals surface area contributed by atoms with E-state index in [9.17, 15) is 4.79 Å². The molecule has 0 unspecified atom stereocenters. The zero-order chi connectivity index (χ0) is 20.1. The van der Waals surface area contributed by atoms with Crippen molar-refractivity contribution in [1.82, 2.24) is 14.9 Å². The minimum atomic E-state index is -0.212. The van der Waals surface area contributed by atoms with Crippen LogP contribution in [0.25, 0.3) is 16.6 Å². The molecular formula is C20H22BrN5O2. The highest BCUT2D eigenvalue weighted by Crippen LogP contribution is 2.24. The molecule has 0 fully saturated rings. The number of hydrogen-bond donors (Lipinski definition) is 2. The number of fused-ring (bicyclic) bond motifs is 1. The molecule has 0 radical (unpaired) electrons. The number of aliphatic imine (C=N–C) groups is 1. The molecule has 1 aromatic carbocycles. The van der Waals surface area contributed by atoms with E-state index in [-0.39, 0.29) is 5.56 Å². The Kier molecular flexibility index (Phi) is 6.43. The van der Waals surface area contributed by atoms with Crippen molar-refractivity contribution in [3.05, 3.63) is 56.9 Å². The molecule has 146 valence electrons. The van der Waals surface area contributed by atoms with E-state index in [2.05, 4.69) is 31.2 Å². The van der Waals surface area contributed by atoms with E-state index in [1.807, 2.05) is 32.2 Å². The first-order valence-corrected chi connectivity index (χ1v) is 9.73. The molecule has 0 saturated heterocycles. The summed E-state index contributed by atoms with van der Waals surface area (Å²) in [5.74, 6) is 0.486. The van der Waals surface area contributed by atoms with E-state index in [1.54, 1.807) is 29.1 Å². The zero-order valence-electron chi connectivity index (χ0n) is 15.8. The number of nitrogens with one attached hydrogen (secondary N) is 1. The molecule has 3 rings (SSSR count). The van der Waals surface area contributed by atoms with E-state index < -0.39 is 0 Å². The van der Waals surface area contributed by atoms with Gasteiger partial charge in [-0.15, -0.1) is 0 Å². The molecule has 28 heavy (non-hydrogen) atoms. The van der Waals surface area contributed by atoms with Crippen molar-refractivity contribution in [2.24, 2.45) is 4.99 Å². The van der Waals surface area contributed by atoms with Crippen LogP contribution in [0.15, 0.2) is 50.8 Å². The third-order valence-electron chi connectivity index (χ3n) is 4.15. The van der Waals surface area contributed by atoms with Crippen LogP contribution < -0.4 is 21.3 Å². The monoisotopic (exact) mass is 443 g/mol. The predicted octanol–water partition coefficient (Wildman–Crippen LogP) is 2.77. The van der Waals surface area contributed by atoms with Crippen molar-refractivity contribution < 1.29 is 4.74 Å². The normalized spacial score (nSPS) is 11.4. The van der Waals surface area contributed by atoms with Gasteiger partial charge in [-0.2, -0.15) is 0 Å². The number of pyridine rings is 2. The fourth-order valence-electron chi connectivity index (χ4n) is 2.72. The Morgan fingerprint density at radius 1 is 1.36 bits per heavy atom. The summed E-state index contributed by atoms with van der Waals surface area (Å²) in [6.07, 6.45) is 3.49. The quantitative estimate of drug-likeness (QED) is 0.332. The number of rotatable bonds is 7. The van der Waals surface area contributed by atoms with Crippen LogP contribution in [0, 0.1) is 0 Å². The maximum Gasteiger partial charge on any atom is 0.271 e. The third-order valence-corrected chi connectivity index (χ3v) is 4.86. The summed E-state index contributed by atoms with van der Waals surface area (Å²) < 4.78 is 7.38. The second-order valence-corrected chi connectivity index (χ2v) is 6.88. The zero-order valence-corrected chi connectivity index (χ0v) is 17.4. The molecule has 0 atom stereocenters. The molecule has 3 N–H and O–H groups in total. The van der Waals surface area contributed by atoms with Crippen LogP contribution in [0.2, 0.25) is 0 Å². The number of aromatic nitrogens is 2. The number of nitrogens with zero attached hydrogens (tertiary/aromatic N) is 3. The van der Waals surface area contributed by atoms with Crippen molar-refractivity contribution in [1.29, 1.82) is 0 Å². The fourth-order valence-corrected chi connectivity index (χ4v) is 3.23. The van der Waals surface area contributed by atoms with Crippen LogP contribution in [0.1, 0.15) is 12.5 Å². The Labute approximate surface area is 171 Å². The summed E-state index contributed by atoms with van der Waals surface area (Å²) in [5, 5.41) is 3.85. The molecule has 0 spiro atoms. The fraction of sp³-hybridized carbons (Fsp3) is 0.250. The number of nitrogens with two attached hydrogens (primary N) is 1. The molecule has 3 aromatic rings. The van der Waals surface area contributed by atoms with Gasteiger partial charge in [0.15, 0.2) is 0 Å². The summed E-state index contributed by atoms with van der Waals surface area (Å²) in [6.45, 7) is 3.83. The SMILES string of the molecule is CCOc1ccc2cn(-c3ccc(N)c(C=NCCNC)c3)c(=O)c(Br)c2n1. The summed E-state index contributed by atoms with van der Waals surface area (Å²) in [5.41, 5.74) is 8.48. The number of likely N-dealkylation sites (N-methyl/N-ethyl adjacent to an activating group) is 1. The molecule has 0 saturated carbocycles. The first kappa shape index (κ1) is 20.0. The third kappa shape index (κ3) is 4.23. The lowest BCUT2D eigenvalue weighted by molar-refractivity contribution is 0.328. The maximum absolute atomic E-state index is 12.9. The van der Waals surface area contributed by atoms with Gasteiger partial charge in [0, 0.05) is 47.3 Å². The molecule has 0 amide bonds. The first-order chi connectivity index (χ1) is 13.5. The second-order valence-electron chi connectivity index (χ2n) is 6.09. The standard InChI is InChI=1S/C20H22BrN5O2/c1-3-28-17-7-4-13-12-26(20(27)18(21)19(13)25-17)15-5-6-16(22)14(10-15)11-24-9-8-23-2/h4-7,10-12,23H,3,8-9,22H2,1-2H3. The van der Waals surface area contributed by atoms with Crippen LogP contribution in [0.4, 0.5) is 5.69 Å². The van der Waals surface area contributed by atoms with Crippen molar-refractivity contribution in [2.45, 2.75) is 6.92 Å². The minimum absolute atomic E-state index is 0.212. The van der Waals surface area contributed by atoms with Crippen LogP contribution in [0.5, 0.6) is 5.88 Å². The topological polar surface area (TPSA) is 94.5 Å². The molecule has 7 nitrogen and oxygen atoms in total. The van der Waals surface area contributed by atoms with Gasteiger partial charge >= 0.3 is 0 Å². The van der Waals surface area contributed by atoms with Crippen LogP contribution in [0.3, 0.4) is 0 Å². The second kappa shape index (κ2) is 8.99. The van der Waals surface area contributed by atoms with Crippen LogP contribution >= 0.6 is 15.9 Å². The lowest BCUT2D eigenvalue weighted by Gasteiger charge is -2.11. The minimum Gasteiger partial charge on any atom is -0.478 e. The largest absolute Gasteiger partial charge is 0.478 e. The Bertz CT molecular complexity index is 1080. The summed E-state index contributed by atoms with van der Waals surface area (Å²) >= 11 is 3.40. The Morgan fingerprint density at radius 3 is 2.93 bits per heavy atom. The van der Waals surface area contributed by atoms with Gasteiger partial charge in [-0.25, -0.2) is 4.98 Å². The van der Waals surface area contributed by atoms with E-state index in [0.717, 1.165) is 17.5 Å². The number of ether oxygens (including phenoxy) is 1. The molecule has 0 bridgehead atoms. The van der Waals surface area contributed by atoms with Crippen LogP contribution in [-0.4, -0.2) is 42.5 Å². The van der Waals surface area contributed by atoms with Crippen molar-refractivity contribution >= 4 is 38.7 Å². The number of anilines is 1. The smallest absolute Gasteiger partial charge is 0.271 e. The number of hydrogen-bond acceptors (Lipinski definition) is 6. The van der Waals surface area contributed by atoms with Gasteiger partial charge < -0.3 is 15.8 Å². The lowest BCUT2D eigenvalue weighted by Crippen LogP contribution is -2.19. The van der Waals surface area contributed by atoms with Gasteiger partial charge in [-0.1, -0.05) is 0 Å². The van der Waals surface area contributed by atoms with Gasteiger partial charge in [-0.3, -0.25) is 14.4 Å². The maximum atomic E-state index is 12.9. The molecule has 0 aliphatic heterocycles. The summed E-state index contributed by atoms with van der Waals surface area (Å²) in [7, 11) is 1.88. The van der Waals surface area contributed by atoms with E-state index in [0.29, 0.717) is 40.4 Å². The van der Waals surface area contributed by atoms with Gasteiger partial charge in [0.25, 0.3) is 5.56 Å². The average molecular weight is 444 g/mol. The van der Waals surface area contributed by atoms with Crippen molar-refractivity contribution in [3.8, 4) is 11.6 Å². The molecule has 0 aliphatic rings. The average Bonchev–Trinajstić information content (AvgIpc) is 2.70. The number of benzene rings is 1. The Morgan fingerprint density at radius 2 is 2.18 bits per heavy atom. The summed E-state index contributed by atoms with van der Waals surface area (Å²) in [6, 6.07) is 9.10. The molecular weight excluding hydrogens is 422 g/mol. The predicted molar refractivity (Wildman–Crippen MR) is 117 cm³/mol. The van der Waals surface area contributed by atoms with Gasteiger partial charge in [-0.05, 0) is 54.2 Å². The summed E-state index contributed by atoms with van der Waals surface area (Å²) in [4.78, 5) is 21.7. The van der Waals surface area contributed by atoms with E-state index >= 15 is 0 Å². The lowest BCUT2D eigenvalue weighted by atomic mass is 10.1. The highest BCUT2D eigenvalue weighted by atomic mass is 79.9. The van der Waals surface area contributed by atoms with Gasteiger partial charge in [0.05, 0.1) is 18.7 Å². The first-order valence-electron chi connectivity index (χ1n) is 8.94. The highest BCUT2D eigenvalue weighted by molar-refractivity contribution is 9.10. The number of halogens is 1.